The topological polar surface area (TPSA) is 74.3 Å². The fraction of sp³-hybridized carbons (Fsp3) is 0.833. The normalized spacial score (nSPS) is 11.7. The van der Waals surface area contributed by atoms with Crippen LogP contribution in [0, 0.1) is 18.8 Å². The molecule has 8 heteroatoms. The van der Waals surface area contributed by atoms with Gasteiger partial charge in [0.2, 0.25) is 0 Å². The molecule has 0 unspecified atom stereocenters. The molecular formula is C30H65N7W. The summed E-state index contributed by atoms with van der Waals surface area (Å²) in [6.07, 6.45) is 2.03. The van der Waals surface area contributed by atoms with E-state index in [9.17, 15) is 0 Å². The number of aromatic nitrogens is 7. The van der Waals surface area contributed by atoms with Crippen LogP contribution in [0.4, 0.5) is 0 Å². The fourth-order valence-electron chi connectivity index (χ4n) is 1.73. The van der Waals surface area contributed by atoms with Gasteiger partial charge in [0.25, 0.3) is 0 Å². The molecule has 0 atom stereocenters. The predicted octanol–water partition coefficient (Wildman–Crippen LogP) is 8.81. The number of hydrogen-bond donors (Lipinski definition) is 0. The van der Waals surface area contributed by atoms with Crippen LogP contribution in [0.1, 0.15) is 150 Å². The molecule has 38 heavy (non-hydrogen) atoms. The zero-order valence-electron chi connectivity index (χ0n) is 28.1. The second-order valence-electron chi connectivity index (χ2n) is 15.3. The first-order chi connectivity index (χ1) is 15.2. The molecule has 2 aromatic heterocycles. The van der Waals surface area contributed by atoms with E-state index in [4.69, 9.17) is 0 Å². The molecule has 0 aromatic carbocycles. The minimum Gasteiger partial charge on any atom is -0.358 e. The minimum absolute atomic E-state index is 0. The van der Waals surface area contributed by atoms with E-state index in [2.05, 4.69) is 157 Å². The Hall–Kier alpha value is -1.10. The molecule has 0 radical (unpaired) electrons. The Morgan fingerprint density at radius 3 is 1.16 bits per heavy atom. The molecular weight excluding hydrogens is 642 g/mol. The van der Waals surface area contributed by atoms with Crippen LogP contribution in [0.2, 0.25) is 0 Å². The molecule has 0 saturated heterocycles. The van der Waals surface area contributed by atoms with E-state index >= 15 is 0 Å². The van der Waals surface area contributed by atoms with Crippen molar-refractivity contribution in [2.45, 2.75) is 161 Å². The zero-order chi connectivity index (χ0) is 28.6. The number of rotatable bonds is 0. The van der Waals surface area contributed by atoms with Crippen molar-refractivity contribution in [3.63, 3.8) is 0 Å². The Bertz CT molecular complexity index is 704. The van der Waals surface area contributed by atoms with Crippen LogP contribution in [-0.4, -0.2) is 35.2 Å². The monoisotopic (exact) mass is 707 g/mol. The van der Waals surface area contributed by atoms with Gasteiger partial charge in [0, 0.05) is 17.0 Å². The van der Waals surface area contributed by atoms with Crippen LogP contribution in [0.3, 0.4) is 0 Å². The Morgan fingerprint density at radius 2 is 1.00 bits per heavy atom. The molecule has 7 nitrogen and oxygen atoms in total. The van der Waals surface area contributed by atoms with Crippen LogP contribution in [-0.2, 0) is 43.0 Å². The Kier molecular flexibility index (Phi) is 21.6. The second kappa shape index (κ2) is 17.6. The van der Waals surface area contributed by atoms with Gasteiger partial charge in [0.05, 0.1) is 16.8 Å². The van der Waals surface area contributed by atoms with Gasteiger partial charge in [-0.1, -0.05) is 81.9 Å². The van der Waals surface area contributed by atoms with Crippen molar-refractivity contribution in [3.05, 3.63) is 31.1 Å². The largest absolute Gasteiger partial charge is 2.00 e. The molecule has 0 fully saturated rings. The van der Waals surface area contributed by atoms with Gasteiger partial charge in [-0.25, -0.2) is 4.68 Å². The van der Waals surface area contributed by atoms with Gasteiger partial charge in [0.1, 0.15) is 0 Å². The summed E-state index contributed by atoms with van der Waals surface area (Å²) >= 11 is 0. The maximum atomic E-state index is 4.35. The van der Waals surface area contributed by atoms with Crippen molar-refractivity contribution in [1.29, 1.82) is 0 Å². The average Bonchev–Trinajstić information content (AvgIpc) is 3.22. The van der Waals surface area contributed by atoms with Crippen molar-refractivity contribution in [2.75, 3.05) is 0 Å². The first-order valence-corrected chi connectivity index (χ1v) is 12.7. The van der Waals surface area contributed by atoms with Crippen LogP contribution in [0.15, 0.2) is 6.20 Å². The van der Waals surface area contributed by atoms with Crippen molar-refractivity contribution < 1.29 is 21.1 Å². The SMILES string of the molecule is C.CC(C)(C)C.CC(C)(C)c1cn(C(C)(C)C)nn1.CC(C)(C)c1nnn(C(C)(C)C)n1.C[C-](C)C.[CH3-].[W+2]. The summed E-state index contributed by atoms with van der Waals surface area (Å²) in [6.45, 7) is 40.2. The quantitative estimate of drug-likeness (QED) is 0.256. The van der Waals surface area contributed by atoms with E-state index in [1.807, 2.05) is 10.9 Å². The maximum absolute atomic E-state index is 4.35. The molecule has 0 aliphatic heterocycles. The predicted molar refractivity (Wildman–Crippen MR) is 164 cm³/mol. The average molecular weight is 708 g/mol. The smallest absolute Gasteiger partial charge is 0.358 e. The third-order valence-corrected chi connectivity index (χ3v) is 3.63. The maximum Gasteiger partial charge on any atom is 2.00 e. The molecule has 0 amide bonds. The molecule has 0 aliphatic carbocycles. The van der Waals surface area contributed by atoms with E-state index in [1.165, 1.54) is 5.92 Å². The molecule has 0 saturated carbocycles. The van der Waals surface area contributed by atoms with Crippen LogP contribution in [0.25, 0.3) is 0 Å². The van der Waals surface area contributed by atoms with Gasteiger partial charge in [-0.2, -0.15) is 25.6 Å². The van der Waals surface area contributed by atoms with E-state index in [-0.39, 0.29) is 57.8 Å². The molecule has 0 bridgehead atoms. The molecule has 2 rings (SSSR count). The summed E-state index contributed by atoms with van der Waals surface area (Å²) < 4.78 is 1.91. The molecule has 0 aliphatic rings. The first kappa shape index (κ1) is 46.7. The third-order valence-electron chi connectivity index (χ3n) is 3.63. The van der Waals surface area contributed by atoms with Crippen molar-refractivity contribution >= 4 is 0 Å². The number of nitrogens with zero attached hydrogens (tertiary/aromatic N) is 7. The third kappa shape index (κ3) is 24.0. The summed E-state index contributed by atoms with van der Waals surface area (Å²) in [6, 6.07) is 0. The van der Waals surface area contributed by atoms with Gasteiger partial charge in [-0.15, -0.1) is 15.3 Å². The number of tetrazole rings is 1. The van der Waals surface area contributed by atoms with Crippen LogP contribution in [0.5, 0.6) is 0 Å². The van der Waals surface area contributed by atoms with Gasteiger partial charge >= 0.3 is 21.1 Å². The van der Waals surface area contributed by atoms with Gasteiger partial charge in [0.15, 0.2) is 5.82 Å². The Morgan fingerprint density at radius 1 is 0.632 bits per heavy atom. The molecule has 226 valence electrons. The summed E-state index contributed by atoms with van der Waals surface area (Å²) in [5, 5.41) is 20.7. The summed E-state index contributed by atoms with van der Waals surface area (Å²) in [5.74, 6) is 2.21. The van der Waals surface area contributed by atoms with Crippen LogP contribution >= 0.6 is 0 Å². The van der Waals surface area contributed by atoms with Gasteiger partial charge in [-0.05, 0) is 52.2 Å². The Balaban J connectivity index is -0.000000137. The molecule has 0 spiro atoms. The van der Waals surface area contributed by atoms with Crippen molar-refractivity contribution in [2.24, 2.45) is 5.41 Å². The minimum atomic E-state index is -0.0868. The summed E-state index contributed by atoms with van der Waals surface area (Å²) in [5.41, 5.74) is 1.54. The molecule has 0 N–H and O–H groups in total. The second-order valence-corrected chi connectivity index (χ2v) is 15.3. The molecule has 2 aromatic rings. The standard InChI is InChI=1S/C10H19N3.C9H18N4.C5H12.C4H9.CH4.CH3.W/c1-9(2,3)8-7-13(12-11-8)10(4,5)6;1-8(2,3)7-10-12-13(11-7)9(4,5)6;1-5(2,3)4;1-4(2)3;;;/h7H,1-6H3;1-6H3;1-4H3;1-3H3;1H4;1H3;/q;;;-1;;-1;+2. The van der Waals surface area contributed by atoms with E-state index in [0.717, 1.165) is 11.5 Å². The Labute approximate surface area is 253 Å². The van der Waals surface area contributed by atoms with E-state index in [0.29, 0.717) is 5.41 Å². The zero-order valence-corrected chi connectivity index (χ0v) is 31.0. The van der Waals surface area contributed by atoms with E-state index < -0.39 is 0 Å². The van der Waals surface area contributed by atoms with Crippen molar-refractivity contribution in [1.82, 2.24) is 35.2 Å². The first-order valence-electron chi connectivity index (χ1n) is 12.7. The molecule has 2 heterocycles. The van der Waals surface area contributed by atoms with E-state index in [1.54, 1.807) is 4.80 Å². The van der Waals surface area contributed by atoms with Crippen LogP contribution < -0.4 is 0 Å². The summed E-state index contributed by atoms with van der Waals surface area (Å²) in [4.78, 5) is 1.66. The fourth-order valence-corrected chi connectivity index (χ4v) is 1.73. The van der Waals surface area contributed by atoms with Gasteiger partial charge in [-0.3, -0.25) is 0 Å². The van der Waals surface area contributed by atoms with Crippen molar-refractivity contribution in [3.8, 4) is 0 Å². The van der Waals surface area contributed by atoms with Gasteiger partial charge < -0.3 is 13.3 Å². The summed E-state index contributed by atoms with van der Waals surface area (Å²) in [7, 11) is 0. The number of hydrogen-bond acceptors (Lipinski definition) is 5.